The van der Waals surface area contributed by atoms with Gasteiger partial charge in [-0.15, -0.1) is 0 Å². The van der Waals surface area contributed by atoms with Gasteiger partial charge in [-0.25, -0.2) is 9.79 Å². The maximum absolute atomic E-state index is 14.2. The fraction of sp³-hybridized carbons (Fsp3) is 0.139. The lowest BCUT2D eigenvalue weighted by atomic mass is 9.93. The second-order valence-electron chi connectivity index (χ2n) is 10.7. The third kappa shape index (κ3) is 7.14. The predicted octanol–water partition coefficient (Wildman–Crippen LogP) is 6.96. The molecule has 0 aliphatic carbocycles. The number of aromatic nitrogens is 1. The highest BCUT2D eigenvalue weighted by Crippen LogP contribution is 2.37. The first-order valence-corrected chi connectivity index (χ1v) is 17.4. The molecule has 4 aromatic carbocycles. The van der Waals surface area contributed by atoms with Crippen LogP contribution in [0, 0.1) is 10.1 Å². The number of nitro groups is 1. The molecular formula is C36H27Br2N3O7S. The van der Waals surface area contributed by atoms with Gasteiger partial charge in [0.2, 0.25) is 0 Å². The Hall–Kier alpha value is -4.85. The number of halogens is 2. The molecule has 1 atom stereocenters. The number of methoxy groups -OCH3 is 1. The summed E-state index contributed by atoms with van der Waals surface area (Å²) < 4.78 is 20.2. The summed E-state index contributed by atoms with van der Waals surface area (Å²) in [6, 6.07) is 25.6. The Kier molecular flexibility index (Phi) is 10.2. The van der Waals surface area contributed by atoms with Gasteiger partial charge in [0.1, 0.15) is 18.1 Å². The molecule has 0 unspecified atom stereocenters. The second-order valence-corrected chi connectivity index (χ2v) is 13.4. The zero-order chi connectivity index (χ0) is 34.7. The molecule has 1 aliphatic rings. The summed E-state index contributed by atoms with van der Waals surface area (Å²) in [6.07, 6.45) is 1.76. The number of esters is 1. The molecule has 0 spiro atoms. The van der Waals surface area contributed by atoms with E-state index in [0.717, 1.165) is 11.1 Å². The van der Waals surface area contributed by atoms with Crippen LogP contribution in [0.4, 0.5) is 5.69 Å². The lowest BCUT2D eigenvalue weighted by Crippen LogP contribution is -2.40. The number of hydrogen-bond acceptors (Lipinski definition) is 9. The van der Waals surface area contributed by atoms with Gasteiger partial charge in [-0.2, -0.15) is 0 Å². The van der Waals surface area contributed by atoms with Gasteiger partial charge in [0.05, 0.1) is 49.4 Å². The normalized spacial score (nSPS) is 14.2. The summed E-state index contributed by atoms with van der Waals surface area (Å²) in [5.74, 6) is 0.609. The first kappa shape index (κ1) is 34.0. The highest BCUT2D eigenvalue weighted by Gasteiger charge is 2.35. The van der Waals surface area contributed by atoms with Crippen molar-refractivity contribution in [1.29, 1.82) is 0 Å². The summed E-state index contributed by atoms with van der Waals surface area (Å²) in [7, 11) is 1.57. The van der Waals surface area contributed by atoms with Crippen LogP contribution in [0.5, 0.6) is 11.5 Å². The summed E-state index contributed by atoms with van der Waals surface area (Å²) in [5, 5.41) is 11.0. The van der Waals surface area contributed by atoms with Crippen LogP contribution in [-0.4, -0.2) is 29.2 Å². The topological polar surface area (TPSA) is 122 Å². The molecule has 10 nitrogen and oxygen atoms in total. The average molecular weight is 806 g/mol. The molecule has 0 amide bonds. The van der Waals surface area contributed by atoms with Gasteiger partial charge < -0.3 is 14.2 Å². The monoisotopic (exact) mass is 803 g/mol. The molecule has 6 rings (SSSR count). The molecule has 2 heterocycles. The van der Waals surface area contributed by atoms with Crippen molar-refractivity contribution in [3.8, 4) is 11.5 Å². The third-order valence-electron chi connectivity index (χ3n) is 7.65. The van der Waals surface area contributed by atoms with E-state index >= 15 is 0 Å². The molecule has 1 aromatic heterocycles. The quantitative estimate of drug-likeness (QED) is 0.0851. The Morgan fingerprint density at radius 3 is 2.31 bits per heavy atom. The third-order valence-corrected chi connectivity index (χ3v) is 9.81. The first-order chi connectivity index (χ1) is 23.7. The highest BCUT2D eigenvalue weighted by molar-refractivity contribution is 9.11. The number of non-ortho nitro benzene ring substituents is 1. The van der Waals surface area contributed by atoms with Gasteiger partial charge in [-0.05, 0) is 97.9 Å². The van der Waals surface area contributed by atoms with Gasteiger partial charge >= 0.3 is 5.97 Å². The van der Waals surface area contributed by atoms with E-state index in [1.165, 1.54) is 23.5 Å². The zero-order valence-corrected chi connectivity index (χ0v) is 30.1. The molecule has 49 heavy (non-hydrogen) atoms. The number of carbonyl (C=O) groups is 1. The minimum Gasteiger partial charge on any atom is -0.497 e. The maximum Gasteiger partial charge on any atom is 0.338 e. The van der Waals surface area contributed by atoms with Crippen molar-refractivity contribution in [2.45, 2.75) is 19.6 Å². The number of benzene rings is 4. The van der Waals surface area contributed by atoms with Crippen molar-refractivity contribution in [2.75, 3.05) is 13.7 Å². The van der Waals surface area contributed by atoms with E-state index in [1.54, 1.807) is 48.9 Å². The summed E-state index contributed by atoms with van der Waals surface area (Å²) in [4.78, 5) is 43.8. The van der Waals surface area contributed by atoms with E-state index in [9.17, 15) is 19.7 Å². The molecule has 248 valence electrons. The molecule has 0 radical (unpaired) electrons. The van der Waals surface area contributed by atoms with Crippen molar-refractivity contribution in [1.82, 2.24) is 4.57 Å². The van der Waals surface area contributed by atoms with Gasteiger partial charge in [0.25, 0.3) is 11.2 Å². The van der Waals surface area contributed by atoms with Crippen molar-refractivity contribution < 1.29 is 23.9 Å². The van der Waals surface area contributed by atoms with Crippen LogP contribution >= 0.6 is 43.2 Å². The maximum atomic E-state index is 14.2. The molecule has 13 heteroatoms. The number of hydrogen-bond donors (Lipinski definition) is 0. The number of fused-ring (bicyclic) bond motifs is 1. The first-order valence-electron chi connectivity index (χ1n) is 15.0. The Morgan fingerprint density at radius 2 is 1.69 bits per heavy atom. The fourth-order valence-corrected chi connectivity index (χ4v) is 7.82. The number of thiazole rings is 1. The molecule has 1 aliphatic heterocycles. The molecule has 0 saturated carbocycles. The SMILES string of the molecule is CCOC(=O)C1=C(c2ccccc2)N=c2s/c(=C\c3cc(Br)c(OCc4ccc([N+](=O)[O-])cc4)c(Br)c3)c(=O)n2[C@H]1c1ccc(OC)cc1. The van der Waals surface area contributed by atoms with Crippen molar-refractivity contribution in [3.05, 3.63) is 158 Å². The standard InChI is InChI=1S/C36H27Br2N3O7S/c1-3-47-35(43)30-31(23-7-5-4-6-8-23)39-36-40(32(30)24-11-15-26(46-2)16-12-24)34(42)29(49-36)19-22-17-27(37)33(28(38)18-22)48-20-21-9-13-25(14-10-21)41(44)45/h4-19,32H,3,20H2,1-2H3/b29-19-/t32-/m0/s1. The van der Waals surface area contributed by atoms with Crippen LogP contribution in [0.3, 0.4) is 0 Å². The van der Waals surface area contributed by atoms with E-state index in [4.69, 9.17) is 19.2 Å². The highest BCUT2D eigenvalue weighted by atomic mass is 79.9. The minimum absolute atomic E-state index is 0.00414. The number of rotatable bonds is 10. The summed E-state index contributed by atoms with van der Waals surface area (Å²) in [5.41, 5.74) is 3.27. The molecule has 5 aromatic rings. The van der Waals surface area contributed by atoms with E-state index in [2.05, 4.69) is 31.9 Å². The van der Waals surface area contributed by atoms with E-state index in [-0.39, 0.29) is 30.0 Å². The number of ether oxygens (including phenoxy) is 3. The average Bonchev–Trinajstić information content (AvgIpc) is 3.41. The second kappa shape index (κ2) is 14.7. The smallest absolute Gasteiger partial charge is 0.338 e. The molecule has 0 bridgehead atoms. The van der Waals surface area contributed by atoms with E-state index < -0.39 is 16.9 Å². The summed E-state index contributed by atoms with van der Waals surface area (Å²) in [6.45, 7) is 2.08. The van der Waals surface area contributed by atoms with Gasteiger partial charge in [-0.1, -0.05) is 53.8 Å². The van der Waals surface area contributed by atoms with Crippen LogP contribution in [-0.2, 0) is 16.1 Å². The lowest BCUT2D eigenvalue weighted by molar-refractivity contribution is -0.384. The van der Waals surface area contributed by atoms with E-state index in [1.807, 2.05) is 54.6 Å². The largest absolute Gasteiger partial charge is 0.497 e. The Labute approximate surface area is 301 Å². The fourth-order valence-electron chi connectivity index (χ4n) is 5.36. The van der Waals surface area contributed by atoms with Gasteiger partial charge in [0.15, 0.2) is 4.80 Å². The van der Waals surface area contributed by atoms with Crippen molar-refractivity contribution in [3.63, 3.8) is 0 Å². The van der Waals surface area contributed by atoms with Crippen LogP contribution < -0.4 is 24.4 Å². The number of nitrogens with zero attached hydrogens (tertiary/aromatic N) is 3. The molecule has 0 fully saturated rings. The van der Waals surface area contributed by atoms with Crippen molar-refractivity contribution in [2.24, 2.45) is 4.99 Å². The van der Waals surface area contributed by atoms with Crippen LogP contribution in [0.2, 0.25) is 0 Å². The van der Waals surface area contributed by atoms with Gasteiger partial charge in [-0.3, -0.25) is 19.5 Å². The number of nitro benzene ring substituents is 1. The Balaban J connectivity index is 1.44. The zero-order valence-electron chi connectivity index (χ0n) is 26.1. The molecule has 0 saturated heterocycles. The minimum atomic E-state index is -0.813. The molecule has 0 N–H and O–H groups in total. The van der Waals surface area contributed by atoms with E-state index in [0.29, 0.717) is 46.6 Å². The number of carbonyl (C=O) groups excluding carboxylic acids is 1. The van der Waals surface area contributed by atoms with Crippen LogP contribution in [0.25, 0.3) is 11.8 Å². The summed E-state index contributed by atoms with van der Waals surface area (Å²) >= 11 is 8.39. The molecular weight excluding hydrogens is 778 g/mol. The van der Waals surface area contributed by atoms with Crippen LogP contribution in [0.1, 0.15) is 35.2 Å². The Morgan fingerprint density at radius 1 is 1.02 bits per heavy atom. The lowest BCUT2D eigenvalue weighted by Gasteiger charge is -2.26. The van der Waals surface area contributed by atoms with Crippen LogP contribution in [0.15, 0.2) is 115 Å². The predicted molar refractivity (Wildman–Crippen MR) is 193 cm³/mol. The van der Waals surface area contributed by atoms with Gasteiger partial charge in [0, 0.05) is 17.7 Å². The van der Waals surface area contributed by atoms with Crippen molar-refractivity contribution >= 4 is 66.6 Å². The Bertz CT molecular complexity index is 2240.